The zero-order valence-electron chi connectivity index (χ0n) is 11.4. The molecule has 18 heavy (non-hydrogen) atoms. The summed E-state index contributed by atoms with van der Waals surface area (Å²) in [5.41, 5.74) is 0. The van der Waals surface area contributed by atoms with Gasteiger partial charge < -0.3 is 15.0 Å². The fourth-order valence-electron chi connectivity index (χ4n) is 2.43. The first-order valence-electron chi connectivity index (χ1n) is 7.03. The van der Waals surface area contributed by atoms with E-state index < -0.39 is 0 Å². The SMILES string of the molecule is COCCC1CSC(=NCCCN2CCCC2)N1. The number of rotatable bonds is 7. The molecule has 0 aliphatic carbocycles. The summed E-state index contributed by atoms with van der Waals surface area (Å²) in [7, 11) is 1.76. The van der Waals surface area contributed by atoms with Gasteiger partial charge in [-0.25, -0.2) is 0 Å². The number of thioether (sulfide) groups is 1. The summed E-state index contributed by atoms with van der Waals surface area (Å²) in [5, 5.41) is 4.61. The van der Waals surface area contributed by atoms with Crippen LogP contribution in [0.3, 0.4) is 0 Å². The lowest BCUT2D eigenvalue weighted by atomic mass is 10.2. The molecule has 2 heterocycles. The molecule has 0 spiro atoms. The third-order valence-electron chi connectivity index (χ3n) is 3.51. The molecule has 0 amide bonds. The van der Waals surface area contributed by atoms with Crippen LogP contribution in [0.2, 0.25) is 0 Å². The molecular weight excluding hydrogens is 246 g/mol. The Labute approximate surface area is 115 Å². The number of nitrogens with one attached hydrogen (secondary N) is 1. The van der Waals surface area contributed by atoms with Gasteiger partial charge in [-0.1, -0.05) is 11.8 Å². The third-order valence-corrected chi connectivity index (χ3v) is 4.60. The van der Waals surface area contributed by atoms with Gasteiger partial charge in [-0.3, -0.25) is 4.99 Å². The van der Waals surface area contributed by atoms with Crippen molar-refractivity contribution in [3.63, 3.8) is 0 Å². The molecule has 2 rings (SSSR count). The lowest BCUT2D eigenvalue weighted by molar-refractivity contribution is 0.188. The van der Waals surface area contributed by atoms with Crippen LogP contribution >= 0.6 is 11.8 Å². The zero-order valence-corrected chi connectivity index (χ0v) is 12.2. The van der Waals surface area contributed by atoms with E-state index in [1.165, 1.54) is 38.9 Å². The van der Waals surface area contributed by atoms with Crippen molar-refractivity contribution in [1.82, 2.24) is 10.2 Å². The highest BCUT2D eigenvalue weighted by atomic mass is 32.2. The van der Waals surface area contributed by atoms with E-state index in [2.05, 4.69) is 15.2 Å². The number of methoxy groups -OCH3 is 1. The normalized spacial score (nSPS) is 26.9. The van der Waals surface area contributed by atoms with Crippen LogP contribution in [-0.4, -0.2) is 61.8 Å². The van der Waals surface area contributed by atoms with E-state index in [4.69, 9.17) is 4.74 Å². The number of hydrogen-bond donors (Lipinski definition) is 1. The molecule has 0 saturated carbocycles. The molecule has 1 atom stereocenters. The van der Waals surface area contributed by atoms with E-state index in [0.29, 0.717) is 6.04 Å². The smallest absolute Gasteiger partial charge is 0.156 e. The summed E-state index contributed by atoms with van der Waals surface area (Å²) in [4.78, 5) is 7.20. The maximum absolute atomic E-state index is 5.10. The topological polar surface area (TPSA) is 36.9 Å². The maximum atomic E-state index is 5.10. The van der Waals surface area contributed by atoms with Gasteiger partial charge >= 0.3 is 0 Å². The van der Waals surface area contributed by atoms with E-state index in [0.717, 1.165) is 30.5 Å². The van der Waals surface area contributed by atoms with Crippen molar-refractivity contribution in [2.24, 2.45) is 4.99 Å². The minimum absolute atomic E-state index is 0.548. The van der Waals surface area contributed by atoms with Crippen molar-refractivity contribution >= 4 is 16.9 Å². The number of amidine groups is 1. The van der Waals surface area contributed by atoms with E-state index in [1.54, 1.807) is 7.11 Å². The fraction of sp³-hybridized carbons (Fsp3) is 0.923. The molecule has 0 bridgehead atoms. The van der Waals surface area contributed by atoms with Crippen LogP contribution in [-0.2, 0) is 4.74 Å². The quantitative estimate of drug-likeness (QED) is 0.713. The second kappa shape index (κ2) is 8.02. The van der Waals surface area contributed by atoms with Crippen LogP contribution in [0, 0.1) is 0 Å². The van der Waals surface area contributed by atoms with E-state index in [-0.39, 0.29) is 0 Å². The molecule has 2 aliphatic rings. The predicted molar refractivity (Wildman–Crippen MR) is 78.5 cm³/mol. The van der Waals surface area contributed by atoms with E-state index in [9.17, 15) is 0 Å². The molecule has 5 heteroatoms. The Bertz CT molecular complexity index is 267. The minimum atomic E-state index is 0.548. The molecule has 0 aromatic heterocycles. The van der Waals surface area contributed by atoms with Crippen molar-refractivity contribution in [3.8, 4) is 0 Å². The minimum Gasteiger partial charge on any atom is -0.385 e. The average Bonchev–Trinajstić information content (AvgIpc) is 3.04. The van der Waals surface area contributed by atoms with Crippen LogP contribution in [0.25, 0.3) is 0 Å². The zero-order chi connectivity index (χ0) is 12.6. The molecular formula is C13H25N3OS. The van der Waals surface area contributed by atoms with Gasteiger partial charge in [0.25, 0.3) is 0 Å². The molecule has 1 N–H and O–H groups in total. The lowest BCUT2D eigenvalue weighted by Crippen LogP contribution is -2.28. The molecule has 2 aliphatic heterocycles. The Hall–Kier alpha value is -0.260. The largest absolute Gasteiger partial charge is 0.385 e. The van der Waals surface area contributed by atoms with Crippen LogP contribution < -0.4 is 5.32 Å². The molecule has 4 nitrogen and oxygen atoms in total. The lowest BCUT2D eigenvalue weighted by Gasteiger charge is -2.13. The van der Waals surface area contributed by atoms with Gasteiger partial charge in [0.05, 0.1) is 0 Å². The fourth-order valence-corrected chi connectivity index (χ4v) is 3.47. The molecule has 0 radical (unpaired) electrons. The predicted octanol–water partition coefficient (Wildman–Crippen LogP) is 1.57. The van der Waals surface area contributed by atoms with Crippen molar-refractivity contribution < 1.29 is 4.74 Å². The van der Waals surface area contributed by atoms with Gasteiger partial charge in [0.15, 0.2) is 5.17 Å². The third kappa shape index (κ3) is 4.78. The molecule has 0 aromatic carbocycles. The number of hydrogen-bond acceptors (Lipinski definition) is 4. The van der Waals surface area contributed by atoms with Crippen LogP contribution in [0.15, 0.2) is 4.99 Å². The summed E-state index contributed by atoms with van der Waals surface area (Å²) in [6.07, 6.45) is 5.03. The molecule has 104 valence electrons. The second-order valence-electron chi connectivity index (χ2n) is 5.02. The van der Waals surface area contributed by atoms with Gasteiger partial charge in [-0.15, -0.1) is 0 Å². The summed E-state index contributed by atoms with van der Waals surface area (Å²) < 4.78 is 5.10. The Morgan fingerprint density at radius 2 is 2.28 bits per heavy atom. The first kappa shape index (κ1) is 14.2. The molecule has 1 unspecified atom stereocenters. The first-order chi connectivity index (χ1) is 8.88. The summed E-state index contributed by atoms with van der Waals surface area (Å²) >= 11 is 1.85. The molecule has 2 fully saturated rings. The van der Waals surface area contributed by atoms with Gasteiger partial charge in [0.2, 0.25) is 0 Å². The maximum Gasteiger partial charge on any atom is 0.156 e. The Morgan fingerprint density at radius 3 is 3.06 bits per heavy atom. The number of aliphatic imine (C=N–C) groups is 1. The monoisotopic (exact) mass is 271 g/mol. The Balaban J connectivity index is 1.56. The van der Waals surface area contributed by atoms with Gasteiger partial charge in [-0.05, 0) is 45.3 Å². The summed E-state index contributed by atoms with van der Waals surface area (Å²) in [6.45, 7) is 5.60. The Kier molecular flexibility index (Phi) is 6.31. The molecule has 0 aromatic rings. The van der Waals surface area contributed by atoms with Crippen molar-refractivity contribution in [1.29, 1.82) is 0 Å². The van der Waals surface area contributed by atoms with Crippen LogP contribution in [0.1, 0.15) is 25.7 Å². The Morgan fingerprint density at radius 1 is 1.44 bits per heavy atom. The first-order valence-corrected chi connectivity index (χ1v) is 8.02. The van der Waals surface area contributed by atoms with E-state index >= 15 is 0 Å². The van der Waals surface area contributed by atoms with Crippen LogP contribution in [0.4, 0.5) is 0 Å². The summed E-state index contributed by atoms with van der Waals surface area (Å²) in [6, 6.07) is 0.548. The van der Waals surface area contributed by atoms with Gasteiger partial charge in [0, 0.05) is 32.1 Å². The number of nitrogens with zero attached hydrogens (tertiary/aromatic N) is 2. The average molecular weight is 271 g/mol. The summed E-state index contributed by atoms with van der Waals surface area (Å²) in [5.74, 6) is 1.13. The van der Waals surface area contributed by atoms with Crippen LogP contribution in [0.5, 0.6) is 0 Å². The standard InChI is InChI=1S/C13H25N3OS/c1-17-10-5-12-11-18-13(15-12)14-6-4-9-16-7-2-3-8-16/h12H,2-11H2,1H3,(H,14,15). The number of likely N-dealkylation sites (tertiary alicyclic amines) is 1. The number of ether oxygens (including phenoxy) is 1. The van der Waals surface area contributed by atoms with Gasteiger partial charge in [-0.2, -0.15) is 0 Å². The highest BCUT2D eigenvalue weighted by Crippen LogP contribution is 2.16. The highest BCUT2D eigenvalue weighted by Gasteiger charge is 2.19. The van der Waals surface area contributed by atoms with Gasteiger partial charge in [0.1, 0.15) is 0 Å². The van der Waals surface area contributed by atoms with E-state index in [1.807, 2.05) is 11.8 Å². The second-order valence-corrected chi connectivity index (χ2v) is 6.03. The molecule has 2 saturated heterocycles. The van der Waals surface area contributed by atoms with Crippen molar-refractivity contribution in [2.45, 2.75) is 31.7 Å². The van der Waals surface area contributed by atoms with Crippen molar-refractivity contribution in [3.05, 3.63) is 0 Å². The highest BCUT2D eigenvalue weighted by molar-refractivity contribution is 8.14. The van der Waals surface area contributed by atoms with Crippen molar-refractivity contribution in [2.75, 3.05) is 45.6 Å².